The number of para-hydroxylation sites is 1. The van der Waals surface area contributed by atoms with Gasteiger partial charge in [0.15, 0.2) is 11.5 Å². The van der Waals surface area contributed by atoms with Gasteiger partial charge in [-0.25, -0.2) is 5.43 Å². The average Bonchev–Trinajstić information content (AvgIpc) is 3.04. The molecule has 6 heteroatoms. The number of nitrogens with zero attached hydrogens (tertiary/aromatic N) is 2. The van der Waals surface area contributed by atoms with Gasteiger partial charge in [-0.2, -0.15) is 5.10 Å². The van der Waals surface area contributed by atoms with Gasteiger partial charge in [-0.05, 0) is 41.3 Å². The van der Waals surface area contributed by atoms with Gasteiger partial charge in [-0.1, -0.05) is 18.2 Å². The summed E-state index contributed by atoms with van der Waals surface area (Å²) < 4.78 is 12.3. The molecule has 1 heterocycles. The first-order valence-electron chi connectivity index (χ1n) is 7.79. The number of nitrogens with one attached hydrogen (secondary N) is 1. The summed E-state index contributed by atoms with van der Waals surface area (Å²) in [4.78, 5) is 12.1. The summed E-state index contributed by atoms with van der Waals surface area (Å²) in [5.41, 5.74) is 4.35. The Kier molecular flexibility index (Phi) is 4.99. The normalized spacial score (nSPS) is 11.0. The number of methoxy groups -OCH3 is 2. The molecule has 128 valence electrons. The molecule has 0 unspecified atom stereocenters. The maximum Gasteiger partial charge on any atom is 0.259 e. The molecule has 1 N–H and O–H groups in total. The van der Waals surface area contributed by atoms with E-state index in [1.54, 1.807) is 32.6 Å². The van der Waals surface area contributed by atoms with Crippen molar-refractivity contribution in [1.82, 2.24) is 9.99 Å². The molecule has 0 saturated heterocycles. The van der Waals surface area contributed by atoms with Crippen molar-refractivity contribution in [3.05, 3.63) is 60.3 Å². The standard InChI is InChI=1S/C19H19N3O3/c1-24-17-8-7-14(11-18(17)25-2)12-20-21-19(23)13-22-10-9-15-5-3-4-6-16(15)22/h3-12H,13H2,1-2H3,(H,21,23). The van der Waals surface area contributed by atoms with Crippen LogP contribution in [0.2, 0.25) is 0 Å². The molecule has 0 fully saturated rings. The van der Waals surface area contributed by atoms with Gasteiger partial charge in [0.2, 0.25) is 0 Å². The van der Waals surface area contributed by atoms with Crippen molar-refractivity contribution in [3.8, 4) is 11.5 Å². The first-order valence-corrected chi connectivity index (χ1v) is 7.79. The maximum atomic E-state index is 12.1. The van der Waals surface area contributed by atoms with Crippen LogP contribution in [0.4, 0.5) is 0 Å². The lowest BCUT2D eigenvalue weighted by Gasteiger charge is -2.07. The Morgan fingerprint density at radius 2 is 1.92 bits per heavy atom. The van der Waals surface area contributed by atoms with E-state index in [1.165, 1.54) is 0 Å². The van der Waals surface area contributed by atoms with Crippen LogP contribution < -0.4 is 14.9 Å². The molecule has 3 aromatic rings. The van der Waals surface area contributed by atoms with E-state index in [0.29, 0.717) is 11.5 Å². The number of amides is 1. The molecule has 0 aliphatic heterocycles. The van der Waals surface area contributed by atoms with Crippen LogP contribution in [0.3, 0.4) is 0 Å². The van der Waals surface area contributed by atoms with Crippen LogP contribution in [0.1, 0.15) is 5.56 Å². The summed E-state index contributed by atoms with van der Waals surface area (Å²) in [5.74, 6) is 1.05. The molecule has 0 radical (unpaired) electrons. The lowest BCUT2D eigenvalue weighted by molar-refractivity contribution is -0.121. The number of aromatic nitrogens is 1. The minimum Gasteiger partial charge on any atom is -0.493 e. The van der Waals surface area contributed by atoms with Crippen molar-refractivity contribution in [3.63, 3.8) is 0 Å². The van der Waals surface area contributed by atoms with Crippen LogP contribution in [-0.2, 0) is 11.3 Å². The molecule has 0 saturated carbocycles. The summed E-state index contributed by atoms with van der Waals surface area (Å²) in [5, 5.41) is 5.10. The van der Waals surface area contributed by atoms with E-state index in [-0.39, 0.29) is 12.5 Å². The minimum absolute atomic E-state index is 0.196. The zero-order valence-electron chi connectivity index (χ0n) is 14.1. The minimum atomic E-state index is -0.196. The largest absolute Gasteiger partial charge is 0.493 e. The summed E-state index contributed by atoms with van der Waals surface area (Å²) in [6, 6.07) is 15.3. The fourth-order valence-corrected chi connectivity index (χ4v) is 2.58. The van der Waals surface area contributed by atoms with E-state index in [2.05, 4.69) is 10.5 Å². The first-order chi connectivity index (χ1) is 12.2. The molecule has 0 spiro atoms. The number of hydrazone groups is 1. The smallest absolute Gasteiger partial charge is 0.259 e. The monoisotopic (exact) mass is 337 g/mol. The highest BCUT2D eigenvalue weighted by molar-refractivity contribution is 5.85. The van der Waals surface area contributed by atoms with E-state index in [9.17, 15) is 4.79 Å². The van der Waals surface area contributed by atoms with E-state index >= 15 is 0 Å². The van der Waals surface area contributed by atoms with Gasteiger partial charge in [-0.3, -0.25) is 4.79 Å². The van der Waals surface area contributed by atoms with Crippen molar-refractivity contribution in [1.29, 1.82) is 0 Å². The lowest BCUT2D eigenvalue weighted by Crippen LogP contribution is -2.22. The molecular weight excluding hydrogens is 318 g/mol. The van der Waals surface area contributed by atoms with E-state index in [4.69, 9.17) is 9.47 Å². The molecule has 0 bridgehead atoms. The summed E-state index contributed by atoms with van der Waals surface area (Å²) in [6.45, 7) is 0.205. The Morgan fingerprint density at radius 1 is 1.12 bits per heavy atom. The van der Waals surface area contributed by atoms with Crippen molar-refractivity contribution in [2.75, 3.05) is 14.2 Å². The van der Waals surface area contributed by atoms with Gasteiger partial charge in [0, 0.05) is 11.7 Å². The predicted molar refractivity (Wildman–Crippen MR) is 97.2 cm³/mol. The summed E-state index contributed by atoms with van der Waals surface area (Å²) in [6.07, 6.45) is 3.45. The molecule has 3 rings (SSSR count). The van der Waals surface area contributed by atoms with Gasteiger partial charge < -0.3 is 14.0 Å². The second kappa shape index (κ2) is 7.53. The zero-order valence-corrected chi connectivity index (χ0v) is 14.1. The molecule has 0 aliphatic carbocycles. The molecule has 2 aromatic carbocycles. The molecule has 25 heavy (non-hydrogen) atoms. The quantitative estimate of drug-likeness (QED) is 0.556. The van der Waals surface area contributed by atoms with Crippen molar-refractivity contribution < 1.29 is 14.3 Å². The van der Waals surface area contributed by atoms with Gasteiger partial charge in [-0.15, -0.1) is 0 Å². The van der Waals surface area contributed by atoms with Crippen LogP contribution in [0.25, 0.3) is 10.9 Å². The number of ether oxygens (including phenoxy) is 2. The third-order valence-corrected chi connectivity index (χ3v) is 3.80. The van der Waals surface area contributed by atoms with Gasteiger partial charge in [0.05, 0.1) is 20.4 Å². The second-order valence-corrected chi connectivity index (χ2v) is 5.41. The first kappa shape index (κ1) is 16.6. The van der Waals surface area contributed by atoms with E-state index in [0.717, 1.165) is 16.5 Å². The number of rotatable bonds is 6. The van der Waals surface area contributed by atoms with Gasteiger partial charge in [0.1, 0.15) is 6.54 Å². The zero-order chi connectivity index (χ0) is 17.6. The average molecular weight is 337 g/mol. The molecule has 6 nitrogen and oxygen atoms in total. The van der Waals surface area contributed by atoms with Crippen LogP contribution in [0.15, 0.2) is 59.8 Å². The van der Waals surface area contributed by atoms with Crippen LogP contribution >= 0.6 is 0 Å². The second-order valence-electron chi connectivity index (χ2n) is 5.41. The number of fused-ring (bicyclic) bond motifs is 1. The molecule has 1 amide bonds. The van der Waals surface area contributed by atoms with E-state index < -0.39 is 0 Å². The van der Waals surface area contributed by atoms with Crippen LogP contribution in [-0.4, -0.2) is 30.9 Å². The molecule has 0 atom stereocenters. The maximum absolute atomic E-state index is 12.1. The third-order valence-electron chi connectivity index (χ3n) is 3.80. The Morgan fingerprint density at radius 3 is 2.72 bits per heavy atom. The summed E-state index contributed by atoms with van der Waals surface area (Å²) in [7, 11) is 3.15. The molecule has 1 aromatic heterocycles. The summed E-state index contributed by atoms with van der Waals surface area (Å²) >= 11 is 0. The van der Waals surface area contributed by atoms with Gasteiger partial charge >= 0.3 is 0 Å². The highest BCUT2D eigenvalue weighted by Gasteiger charge is 2.05. The fourth-order valence-electron chi connectivity index (χ4n) is 2.58. The highest BCUT2D eigenvalue weighted by atomic mass is 16.5. The van der Waals surface area contributed by atoms with Crippen molar-refractivity contribution in [2.45, 2.75) is 6.54 Å². The predicted octanol–water partition coefficient (Wildman–Crippen LogP) is 2.81. The third kappa shape index (κ3) is 3.80. The highest BCUT2D eigenvalue weighted by Crippen LogP contribution is 2.26. The Hall–Kier alpha value is -3.28. The number of carbonyl (C=O) groups is 1. The van der Waals surface area contributed by atoms with Crippen molar-refractivity contribution in [2.24, 2.45) is 5.10 Å². The number of hydrogen-bond donors (Lipinski definition) is 1. The number of hydrogen-bond acceptors (Lipinski definition) is 4. The number of benzene rings is 2. The fraction of sp³-hybridized carbons (Fsp3) is 0.158. The topological polar surface area (TPSA) is 64.8 Å². The van der Waals surface area contributed by atoms with Gasteiger partial charge in [0.25, 0.3) is 5.91 Å². The Labute approximate surface area is 145 Å². The Balaban J connectivity index is 1.63. The lowest BCUT2D eigenvalue weighted by atomic mass is 10.2. The SMILES string of the molecule is COc1ccc(C=NNC(=O)Cn2ccc3ccccc32)cc1OC. The molecular formula is C19H19N3O3. The van der Waals surface area contributed by atoms with Crippen LogP contribution in [0.5, 0.6) is 11.5 Å². The molecule has 0 aliphatic rings. The van der Waals surface area contributed by atoms with Crippen molar-refractivity contribution >= 4 is 23.0 Å². The van der Waals surface area contributed by atoms with E-state index in [1.807, 2.05) is 47.2 Å². The number of carbonyl (C=O) groups excluding carboxylic acids is 1. The van der Waals surface area contributed by atoms with Crippen LogP contribution in [0, 0.1) is 0 Å². The Bertz CT molecular complexity index is 915.